The van der Waals surface area contributed by atoms with E-state index >= 15 is 0 Å². The highest BCUT2D eigenvalue weighted by molar-refractivity contribution is 8.14. The Kier molecular flexibility index (Phi) is 9.08. The molecule has 11 nitrogen and oxygen atoms in total. The van der Waals surface area contributed by atoms with Gasteiger partial charge >= 0.3 is 18.1 Å². The molecule has 4 N–H and O–H groups in total. The number of aliphatic imine (C=N–C) groups is 1. The number of rotatable bonds is 7. The highest BCUT2D eigenvalue weighted by Crippen LogP contribution is 2.34. The molecule has 0 saturated heterocycles. The molecule has 3 rings (SSSR count). The van der Waals surface area contributed by atoms with Crippen LogP contribution in [0.5, 0.6) is 0 Å². The van der Waals surface area contributed by atoms with Crippen molar-refractivity contribution in [2.45, 2.75) is 12.3 Å². The molecule has 2 atom stereocenters. The molecule has 15 heteroatoms. The number of benzene rings is 2. The van der Waals surface area contributed by atoms with Crippen molar-refractivity contribution in [2.24, 2.45) is 16.6 Å². The Balaban J connectivity index is 1.87. The number of anilines is 2. The van der Waals surface area contributed by atoms with Crippen LogP contribution < -0.4 is 16.0 Å². The van der Waals surface area contributed by atoms with E-state index in [0.717, 1.165) is 43.5 Å². The van der Waals surface area contributed by atoms with Crippen molar-refractivity contribution in [2.75, 3.05) is 30.2 Å². The molecule has 0 aromatic heterocycles. The molecule has 1 aliphatic heterocycles. The first-order chi connectivity index (χ1) is 18.4. The Bertz CT molecular complexity index is 1320. The molecular formula is C24H22F3N5O6S. The lowest BCUT2D eigenvalue weighted by atomic mass is 10.0. The summed E-state index contributed by atoms with van der Waals surface area (Å²) in [5, 5.41) is 9.84. The Hall–Kier alpha value is -4.24. The summed E-state index contributed by atoms with van der Waals surface area (Å²) < 4.78 is 49.2. The van der Waals surface area contributed by atoms with Crippen molar-refractivity contribution < 1.29 is 41.8 Å². The van der Waals surface area contributed by atoms with E-state index in [1.165, 1.54) is 24.3 Å². The molecule has 0 bridgehead atoms. The molecule has 0 fully saturated rings. The lowest BCUT2D eigenvalue weighted by molar-refractivity contribution is -0.137. The molecule has 0 spiro atoms. The number of amidine groups is 1. The highest BCUT2D eigenvalue weighted by Gasteiger charge is 2.38. The van der Waals surface area contributed by atoms with E-state index in [9.17, 15) is 32.3 Å². The summed E-state index contributed by atoms with van der Waals surface area (Å²) in [7, 11) is 2.27. The summed E-state index contributed by atoms with van der Waals surface area (Å²) in [5.41, 5.74) is 4.69. The van der Waals surface area contributed by atoms with Crippen LogP contribution in [-0.4, -0.2) is 61.3 Å². The van der Waals surface area contributed by atoms with Gasteiger partial charge in [0.05, 0.1) is 42.4 Å². The largest absolute Gasteiger partial charge is 0.465 e. The Morgan fingerprint density at radius 3 is 2.28 bits per heavy atom. The van der Waals surface area contributed by atoms with E-state index < -0.39 is 47.6 Å². The van der Waals surface area contributed by atoms with Crippen molar-refractivity contribution in [1.29, 1.82) is 5.41 Å². The fourth-order valence-electron chi connectivity index (χ4n) is 3.48. The summed E-state index contributed by atoms with van der Waals surface area (Å²) in [5.74, 6) is -4.61. The van der Waals surface area contributed by atoms with Crippen LogP contribution in [0.4, 0.5) is 24.5 Å². The number of nitrogens with two attached hydrogens (primary N) is 1. The summed E-state index contributed by atoms with van der Waals surface area (Å²) in [6.45, 7) is 0. The highest BCUT2D eigenvalue weighted by atomic mass is 32.2. The second-order valence-electron chi connectivity index (χ2n) is 7.94. The molecule has 206 valence electrons. The molecule has 0 aliphatic carbocycles. The summed E-state index contributed by atoms with van der Waals surface area (Å²) in [6, 6.07) is 7.71. The number of hydrogen-bond donors (Lipinski definition) is 3. The Morgan fingerprint density at radius 2 is 1.74 bits per heavy atom. The number of ether oxygens (including phenoxy) is 2. The zero-order chi connectivity index (χ0) is 28.9. The number of carbonyl (C=O) groups is 4. The van der Waals surface area contributed by atoms with E-state index in [1.807, 2.05) is 0 Å². The molecule has 2 aromatic carbocycles. The van der Waals surface area contributed by atoms with E-state index in [0.29, 0.717) is 11.8 Å². The lowest BCUT2D eigenvalue weighted by Crippen LogP contribution is -2.51. The van der Waals surface area contributed by atoms with E-state index in [4.69, 9.17) is 11.1 Å². The number of nitrogens with zero attached hydrogens (tertiary/aromatic N) is 2. The second-order valence-corrected chi connectivity index (χ2v) is 8.88. The predicted molar refractivity (Wildman–Crippen MR) is 137 cm³/mol. The zero-order valence-corrected chi connectivity index (χ0v) is 21.3. The topological polar surface area (TPSA) is 164 Å². The molecule has 2 aromatic rings. The first-order valence-electron chi connectivity index (χ1n) is 11.0. The fraction of sp³-hybridized carbons (Fsp3) is 0.250. The maximum Gasteiger partial charge on any atom is 0.416 e. The van der Waals surface area contributed by atoms with Crippen LogP contribution in [0.25, 0.3) is 0 Å². The quantitative estimate of drug-likeness (QED) is 0.341. The number of esters is 2. The lowest BCUT2D eigenvalue weighted by Gasteiger charge is -2.33. The van der Waals surface area contributed by atoms with Gasteiger partial charge in [-0.1, -0.05) is 17.8 Å². The van der Waals surface area contributed by atoms with E-state index in [2.05, 4.69) is 19.8 Å². The van der Waals surface area contributed by atoms with Crippen LogP contribution in [-0.2, 0) is 25.2 Å². The van der Waals surface area contributed by atoms with Crippen molar-refractivity contribution in [1.82, 2.24) is 0 Å². The van der Waals surface area contributed by atoms with Gasteiger partial charge in [-0.05, 0) is 36.4 Å². The number of methoxy groups -OCH3 is 2. The molecular weight excluding hydrogens is 543 g/mol. The predicted octanol–water partition coefficient (Wildman–Crippen LogP) is 2.90. The van der Waals surface area contributed by atoms with Gasteiger partial charge in [-0.3, -0.25) is 14.5 Å². The monoisotopic (exact) mass is 565 g/mol. The third-order valence-electron chi connectivity index (χ3n) is 5.33. The molecule has 1 aliphatic rings. The van der Waals surface area contributed by atoms with Gasteiger partial charge in [-0.2, -0.15) is 13.2 Å². The third kappa shape index (κ3) is 6.80. The molecule has 0 radical (unpaired) electrons. The van der Waals surface area contributed by atoms with Crippen LogP contribution in [0.2, 0.25) is 0 Å². The van der Waals surface area contributed by atoms with Gasteiger partial charge in [0, 0.05) is 11.9 Å². The van der Waals surface area contributed by atoms with Crippen LogP contribution >= 0.6 is 11.8 Å². The minimum absolute atomic E-state index is 0.0370. The minimum Gasteiger partial charge on any atom is -0.465 e. The van der Waals surface area contributed by atoms with Gasteiger partial charge in [-0.15, -0.1) is 0 Å². The average Bonchev–Trinajstić information content (AvgIpc) is 2.90. The third-order valence-corrected chi connectivity index (χ3v) is 6.28. The molecule has 2 amide bonds. The maximum atomic E-state index is 13.3. The molecule has 2 unspecified atom stereocenters. The van der Waals surface area contributed by atoms with Gasteiger partial charge in [0.25, 0.3) is 0 Å². The number of halogens is 3. The smallest absolute Gasteiger partial charge is 0.416 e. The van der Waals surface area contributed by atoms with Crippen LogP contribution in [0.15, 0.2) is 47.5 Å². The van der Waals surface area contributed by atoms with Crippen LogP contribution in [0.1, 0.15) is 26.3 Å². The number of carbonyl (C=O) groups excluding carboxylic acids is 4. The molecule has 0 saturated carbocycles. The fourth-order valence-corrected chi connectivity index (χ4v) is 4.34. The average molecular weight is 566 g/mol. The minimum atomic E-state index is -4.68. The molecule has 1 heterocycles. The van der Waals surface area contributed by atoms with Gasteiger partial charge in [0.15, 0.2) is 5.17 Å². The zero-order valence-electron chi connectivity index (χ0n) is 20.4. The summed E-state index contributed by atoms with van der Waals surface area (Å²) in [4.78, 5) is 54.8. The van der Waals surface area contributed by atoms with Gasteiger partial charge in [-0.25, -0.2) is 14.6 Å². The standard InChI is InChI=1S/C24H22F3N5O6S/c1-37-21(35)12-6-13(22(36)38-2)8-15(7-12)30-18(33)11-39-23-31-19(29)17(10-28)20(34)32(23)16-5-3-4-14(9-16)24(25,26)27/h3-10,17,19,28H,11,29H2,1-2H3,(H,30,33). The number of amides is 2. The van der Waals surface area contributed by atoms with Crippen LogP contribution in [0, 0.1) is 11.3 Å². The van der Waals surface area contributed by atoms with Crippen LogP contribution in [0.3, 0.4) is 0 Å². The summed E-state index contributed by atoms with van der Waals surface area (Å²) in [6.07, 6.45) is -5.13. The number of thioether (sulfide) groups is 1. The van der Waals surface area contributed by atoms with Gasteiger partial charge < -0.3 is 25.9 Å². The van der Waals surface area contributed by atoms with E-state index in [-0.39, 0.29) is 33.4 Å². The number of alkyl halides is 3. The first-order valence-corrected chi connectivity index (χ1v) is 12.0. The SMILES string of the molecule is COC(=O)c1cc(NC(=O)CSC2=NC(N)C(C=N)C(=O)N2c2cccc(C(F)(F)F)c2)cc(C(=O)OC)c1. The Labute approximate surface area is 224 Å². The van der Waals surface area contributed by atoms with Gasteiger partial charge in [0.2, 0.25) is 11.8 Å². The van der Waals surface area contributed by atoms with Crippen molar-refractivity contribution in [3.8, 4) is 0 Å². The van der Waals surface area contributed by atoms with Crippen molar-refractivity contribution in [3.63, 3.8) is 0 Å². The van der Waals surface area contributed by atoms with E-state index in [1.54, 1.807) is 0 Å². The number of nitrogens with one attached hydrogen (secondary N) is 2. The summed E-state index contributed by atoms with van der Waals surface area (Å²) >= 11 is 0.714. The Morgan fingerprint density at radius 1 is 1.13 bits per heavy atom. The number of hydrogen-bond acceptors (Lipinski definition) is 10. The first kappa shape index (κ1) is 29.3. The maximum absolute atomic E-state index is 13.3. The van der Waals surface area contributed by atoms with Gasteiger partial charge in [0.1, 0.15) is 12.1 Å². The second kappa shape index (κ2) is 12.1. The van der Waals surface area contributed by atoms with Crippen molar-refractivity contribution >= 4 is 58.3 Å². The molecule has 39 heavy (non-hydrogen) atoms. The van der Waals surface area contributed by atoms with Crippen molar-refractivity contribution in [3.05, 3.63) is 59.2 Å². The normalized spacial score (nSPS) is 17.2.